The summed E-state index contributed by atoms with van der Waals surface area (Å²) in [5, 5.41) is 12.0. The van der Waals surface area contributed by atoms with E-state index in [9.17, 15) is 0 Å². The summed E-state index contributed by atoms with van der Waals surface area (Å²) in [5.41, 5.74) is 2.43. The maximum atomic E-state index is 4.34. The fourth-order valence-corrected chi connectivity index (χ4v) is 2.05. The number of nitrogens with zero attached hydrogens (tertiary/aromatic N) is 2. The molecule has 0 aliphatic carbocycles. The predicted octanol–water partition coefficient (Wildman–Crippen LogP) is 3.31. The topological polar surface area (TPSA) is 29.9 Å². The fraction of sp³-hybridized carbons (Fsp3) is 0.417. The van der Waals surface area contributed by atoms with Gasteiger partial charge in [-0.25, -0.2) is 0 Å². The van der Waals surface area contributed by atoms with Gasteiger partial charge in [0.25, 0.3) is 0 Å². The van der Waals surface area contributed by atoms with E-state index in [0.717, 1.165) is 12.2 Å². The highest BCUT2D eigenvalue weighted by atomic mass is 32.1. The summed E-state index contributed by atoms with van der Waals surface area (Å²) in [5.74, 6) is 0. The Morgan fingerprint density at radius 2 is 2.25 bits per heavy atom. The van der Waals surface area contributed by atoms with E-state index in [-0.39, 0.29) is 5.54 Å². The fourth-order valence-electron chi connectivity index (χ4n) is 1.38. The summed E-state index contributed by atoms with van der Waals surface area (Å²) in [6.07, 6.45) is 3.92. The van der Waals surface area contributed by atoms with Gasteiger partial charge in [0.1, 0.15) is 0 Å². The van der Waals surface area contributed by atoms with Crippen LogP contribution in [0, 0.1) is 0 Å². The Kier molecular flexibility index (Phi) is 3.01. The highest BCUT2D eigenvalue weighted by Crippen LogP contribution is 2.16. The van der Waals surface area contributed by atoms with E-state index in [4.69, 9.17) is 0 Å². The van der Waals surface area contributed by atoms with Crippen LogP contribution in [0.5, 0.6) is 0 Å². The van der Waals surface area contributed by atoms with Gasteiger partial charge >= 0.3 is 0 Å². The lowest BCUT2D eigenvalue weighted by molar-refractivity contribution is 0.355. The van der Waals surface area contributed by atoms with Crippen molar-refractivity contribution in [2.45, 2.75) is 32.9 Å². The van der Waals surface area contributed by atoms with E-state index in [1.807, 2.05) is 17.1 Å². The summed E-state index contributed by atoms with van der Waals surface area (Å²) in [6, 6.07) is 2.13. The van der Waals surface area contributed by atoms with Crippen LogP contribution >= 0.6 is 11.3 Å². The van der Waals surface area contributed by atoms with E-state index in [1.54, 1.807) is 11.3 Å². The quantitative estimate of drug-likeness (QED) is 0.884. The third-order valence-corrected chi connectivity index (χ3v) is 3.08. The SMILES string of the molecule is CC(C)(C)n1cc(NCc2ccsc2)cn1. The van der Waals surface area contributed by atoms with Gasteiger partial charge in [-0.15, -0.1) is 0 Å². The normalized spacial score (nSPS) is 11.7. The lowest BCUT2D eigenvalue weighted by atomic mass is 10.1. The highest BCUT2D eigenvalue weighted by Gasteiger charge is 2.13. The Bertz CT molecular complexity index is 437. The third kappa shape index (κ3) is 2.64. The number of hydrogen-bond acceptors (Lipinski definition) is 3. The first kappa shape index (κ1) is 11.2. The van der Waals surface area contributed by atoms with Gasteiger partial charge in [0, 0.05) is 12.7 Å². The molecule has 2 rings (SSSR count). The first-order valence-corrected chi connectivity index (χ1v) is 6.30. The number of thiophene rings is 1. The smallest absolute Gasteiger partial charge is 0.0729 e. The zero-order valence-electron chi connectivity index (χ0n) is 9.90. The summed E-state index contributed by atoms with van der Waals surface area (Å²) in [4.78, 5) is 0. The van der Waals surface area contributed by atoms with Crippen molar-refractivity contribution in [3.05, 3.63) is 34.8 Å². The third-order valence-electron chi connectivity index (χ3n) is 2.35. The van der Waals surface area contributed by atoms with Crippen LogP contribution in [0.25, 0.3) is 0 Å². The van der Waals surface area contributed by atoms with Gasteiger partial charge < -0.3 is 5.32 Å². The standard InChI is InChI=1S/C12H17N3S/c1-12(2,3)15-8-11(7-14-15)13-6-10-4-5-16-9-10/h4-5,7-9,13H,6H2,1-3H3. The maximum Gasteiger partial charge on any atom is 0.0729 e. The summed E-state index contributed by atoms with van der Waals surface area (Å²) in [7, 11) is 0. The molecule has 4 heteroatoms. The molecule has 16 heavy (non-hydrogen) atoms. The van der Waals surface area contributed by atoms with E-state index in [1.165, 1.54) is 5.56 Å². The second kappa shape index (κ2) is 4.29. The molecule has 3 nitrogen and oxygen atoms in total. The molecular weight excluding hydrogens is 218 g/mol. The molecule has 86 valence electrons. The first-order valence-electron chi connectivity index (χ1n) is 5.36. The van der Waals surface area contributed by atoms with Crippen molar-refractivity contribution in [3.63, 3.8) is 0 Å². The van der Waals surface area contributed by atoms with Crippen molar-refractivity contribution < 1.29 is 0 Å². The number of hydrogen-bond donors (Lipinski definition) is 1. The molecule has 0 saturated carbocycles. The molecule has 0 saturated heterocycles. The first-order chi connectivity index (χ1) is 7.55. The molecule has 0 aliphatic rings. The minimum atomic E-state index is 0.0440. The molecule has 0 spiro atoms. The number of aromatic nitrogens is 2. The van der Waals surface area contributed by atoms with Gasteiger partial charge in [-0.05, 0) is 43.2 Å². The van der Waals surface area contributed by atoms with Crippen molar-refractivity contribution in [2.75, 3.05) is 5.32 Å². The Balaban J connectivity index is 1.98. The van der Waals surface area contributed by atoms with E-state index < -0.39 is 0 Å². The molecule has 0 amide bonds. The summed E-state index contributed by atoms with van der Waals surface area (Å²) in [6.45, 7) is 7.29. The molecule has 0 fully saturated rings. The molecular formula is C12H17N3S. The second-order valence-corrected chi connectivity index (χ2v) is 5.61. The molecule has 0 aromatic carbocycles. The van der Waals surface area contributed by atoms with Crippen LogP contribution in [0.15, 0.2) is 29.2 Å². The minimum Gasteiger partial charge on any atom is -0.378 e. The highest BCUT2D eigenvalue weighted by molar-refractivity contribution is 7.07. The van der Waals surface area contributed by atoms with Crippen molar-refractivity contribution in [1.82, 2.24) is 9.78 Å². The summed E-state index contributed by atoms with van der Waals surface area (Å²) >= 11 is 1.72. The molecule has 0 radical (unpaired) electrons. The number of rotatable bonds is 3. The number of nitrogens with one attached hydrogen (secondary N) is 1. The molecule has 2 aromatic heterocycles. The molecule has 1 N–H and O–H groups in total. The maximum absolute atomic E-state index is 4.34. The van der Waals surface area contributed by atoms with Gasteiger partial charge in [-0.2, -0.15) is 16.4 Å². The average molecular weight is 235 g/mol. The zero-order valence-corrected chi connectivity index (χ0v) is 10.7. The largest absolute Gasteiger partial charge is 0.378 e. The molecule has 0 atom stereocenters. The van der Waals surface area contributed by atoms with Gasteiger partial charge in [0.05, 0.1) is 17.4 Å². The van der Waals surface area contributed by atoms with E-state index in [0.29, 0.717) is 0 Å². The van der Waals surface area contributed by atoms with Crippen LogP contribution in [-0.2, 0) is 12.1 Å². The lowest BCUT2D eigenvalue weighted by Gasteiger charge is -2.18. The van der Waals surface area contributed by atoms with Crippen molar-refractivity contribution in [3.8, 4) is 0 Å². The molecule has 2 heterocycles. The lowest BCUT2D eigenvalue weighted by Crippen LogP contribution is -2.21. The van der Waals surface area contributed by atoms with Crippen molar-refractivity contribution in [1.29, 1.82) is 0 Å². The van der Waals surface area contributed by atoms with E-state index >= 15 is 0 Å². The monoisotopic (exact) mass is 235 g/mol. The van der Waals surface area contributed by atoms with Crippen molar-refractivity contribution >= 4 is 17.0 Å². The van der Waals surface area contributed by atoms with Crippen LogP contribution < -0.4 is 5.32 Å². The van der Waals surface area contributed by atoms with E-state index in [2.05, 4.69) is 48.0 Å². The Hall–Kier alpha value is -1.29. The molecule has 0 unspecified atom stereocenters. The Morgan fingerprint density at radius 1 is 1.44 bits per heavy atom. The van der Waals surface area contributed by atoms with Gasteiger partial charge in [-0.3, -0.25) is 4.68 Å². The van der Waals surface area contributed by atoms with Crippen LogP contribution in [-0.4, -0.2) is 9.78 Å². The summed E-state index contributed by atoms with van der Waals surface area (Å²) < 4.78 is 1.98. The molecule has 2 aromatic rings. The molecule has 0 bridgehead atoms. The van der Waals surface area contributed by atoms with Gasteiger partial charge in [0.2, 0.25) is 0 Å². The average Bonchev–Trinajstić information content (AvgIpc) is 2.85. The van der Waals surface area contributed by atoms with Crippen molar-refractivity contribution in [2.24, 2.45) is 0 Å². The van der Waals surface area contributed by atoms with Crippen LogP contribution in [0.1, 0.15) is 26.3 Å². The minimum absolute atomic E-state index is 0.0440. The Morgan fingerprint density at radius 3 is 2.81 bits per heavy atom. The second-order valence-electron chi connectivity index (χ2n) is 4.83. The van der Waals surface area contributed by atoms with Crippen LogP contribution in [0.3, 0.4) is 0 Å². The number of anilines is 1. The molecule has 0 aliphatic heterocycles. The Labute approximate surface area is 100 Å². The van der Waals surface area contributed by atoms with Crippen LogP contribution in [0.4, 0.5) is 5.69 Å². The zero-order chi connectivity index (χ0) is 11.6. The van der Waals surface area contributed by atoms with Gasteiger partial charge in [0.15, 0.2) is 0 Å². The van der Waals surface area contributed by atoms with Crippen LogP contribution in [0.2, 0.25) is 0 Å². The predicted molar refractivity (Wildman–Crippen MR) is 68.9 cm³/mol. The van der Waals surface area contributed by atoms with Gasteiger partial charge in [-0.1, -0.05) is 0 Å².